The number of aromatic hydroxyl groups is 5. The van der Waals surface area contributed by atoms with Crippen LogP contribution in [0.4, 0.5) is 0 Å². The number of pyridine rings is 3. The lowest BCUT2D eigenvalue weighted by Gasteiger charge is -2.08. The van der Waals surface area contributed by atoms with E-state index in [2.05, 4.69) is 30.9 Å². The van der Waals surface area contributed by atoms with Gasteiger partial charge in [-0.1, -0.05) is 168 Å². The Morgan fingerprint density at radius 3 is 0.991 bits per heavy atom. The Balaban J connectivity index is 0.000000115. The fourth-order valence-electron chi connectivity index (χ4n) is 12.2. The summed E-state index contributed by atoms with van der Waals surface area (Å²) in [4.78, 5) is 133. The molecule has 19 aromatic rings. The fraction of sp³-hybridized carbons (Fsp3) is 0.0118. The predicted octanol–water partition coefficient (Wildman–Crippen LogP) is 17.3. The van der Waals surface area contributed by atoms with Gasteiger partial charge in [0.2, 0.25) is 0 Å². The van der Waals surface area contributed by atoms with E-state index < -0.39 is 79.1 Å². The van der Waals surface area contributed by atoms with Crippen LogP contribution >= 0.6 is 74.6 Å². The van der Waals surface area contributed by atoms with Crippen molar-refractivity contribution in [2.24, 2.45) is 0 Å². The number of nitrogens with one attached hydrogen (secondary N) is 3. The van der Waals surface area contributed by atoms with Crippen LogP contribution in [0.3, 0.4) is 0 Å². The third-order valence-electron chi connectivity index (χ3n) is 17.5. The molecule has 580 valence electrons. The van der Waals surface area contributed by atoms with Crippen LogP contribution in [0.2, 0.25) is 5.02 Å². The summed E-state index contributed by atoms with van der Waals surface area (Å²) in [7, 11) is 1.54. The lowest BCUT2D eigenvalue weighted by Crippen LogP contribution is -2.11. The van der Waals surface area contributed by atoms with Crippen LogP contribution in [-0.2, 0) is 0 Å². The predicted molar refractivity (Wildman–Crippen MR) is 449 cm³/mol. The van der Waals surface area contributed by atoms with E-state index in [-0.39, 0.29) is 90.2 Å². The normalized spacial score (nSPS) is 11.2. The van der Waals surface area contributed by atoms with Crippen molar-refractivity contribution in [3.05, 3.63) is 344 Å². The van der Waals surface area contributed by atoms with E-state index in [1.165, 1.54) is 7.11 Å². The molecule has 32 heteroatoms. The van der Waals surface area contributed by atoms with E-state index in [0.717, 1.165) is 56.8 Å². The van der Waals surface area contributed by atoms with Gasteiger partial charge in [-0.15, -0.1) is 0 Å². The maximum Gasteiger partial charge on any atom is 0.354 e. The number of hydrogen-bond donors (Lipinski definition) is 8. The van der Waals surface area contributed by atoms with Gasteiger partial charge in [-0.2, -0.15) is 0 Å². The van der Waals surface area contributed by atoms with Crippen molar-refractivity contribution in [1.82, 2.24) is 15.0 Å². The summed E-state index contributed by atoms with van der Waals surface area (Å²) in [5.41, 5.74) is -4.15. The Bertz CT molecular complexity index is 7710. The van der Waals surface area contributed by atoms with Gasteiger partial charge in [0.15, 0.2) is 56.7 Å². The molecule has 0 atom stereocenters. The lowest BCUT2D eigenvalue weighted by molar-refractivity contribution is 0.413. The summed E-state index contributed by atoms with van der Waals surface area (Å²) in [5.74, 6) is -1.43. The molecule has 26 nitrogen and oxygen atoms in total. The summed E-state index contributed by atoms with van der Waals surface area (Å²) < 4.78 is 42.0. The number of fused-ring (bicyclic) bond motifs is 15. The Morgan fingerprint density at radius 2 is 0.607 bits per heavy atom. The quantitative estimate of drug-likeness (QED) is 0.0491. The molecular weight excluding hydrogens is 1670 g/mol. The third-order valence-corrected chi connectivity index (χ3v) is 22.7. The highest BCUT2D eigenvalue weighted by atomic mass is 79.9. The van der Waals surface area contributed by atoms with Crippen LogP contribution in [0, 0.1) is 0 Å². The minimum Gasteiger partial charge on any atom is -0.506 e. The van der Waals surface area contributed by atoms with Crippen molar-refractivity contribution in [1.29, 1.82) is 0 Å². The molecule has 0 spiro atoms. The Hall–Kier alpha value is -14.0. The zero-order chi connectivity index (χ0) is 82.0. The summed E-state index contributed by atoms with van der Waals surface area (Å²) in [6.45, 7) is 0. The van der Waals surface area contributed by atoms with Crippen molar-refractivity contribution in [2.75, 3.05) is 7.11 Å². The number of benzene rings is 9. The van der Waals surface area contributed by atoms with Gasteiger partial charge in [0, 0.05) is 40.8 Å². The zero-order valence-corrected chi connectivity index (χ0v) is 65.0. The van der Waals surface area contributed by atoms with Crippen LogP contribution in [0.5, 0.6) is 34.5 Å². The maximum absolute atomic E-state index is 12.5. The molecule has 19 rings (SSSR count). The topological polar surface area (TPSA) is 420 Å². The van der Waals surface area contributed by atoms with Gasteiger partial charge in [0.05, 0.1) is 34.4 Å². The molecule has 0 bridgehead atoms. The minimum absolute atomic E-state index is 0.00444. The molecule has 0 aliphatic heterocycles. The number of ether oxygens (including phenoxy) is 1. The first kappa shape index (κ1) is 78.3. The second kappa shape index (κ2) is 33.2. The van der Waals surface area contributed by atoms with Gasteiger partial charge in [-0.05, 0) is 137 Å². The van der Waals surface area contributed by atoms with Crippen LogP contribution in [0.1, 0.15) is 0 Å². The molecule has 8 N–H and O–H groups in total. The number of halogens is 2. The lowest BCUT2D eigenvalue weighted by atomic mass is 10.1. The highest BCUT2D eigenvalue weighted by Crippen LogP contribution is 2.42. The molecule has 0 saturated heterocycles. The summed E-state index contributed by atoms with van der Waals surface area (Å²) in [6, 6.07) is 66.0. The molecule has 117 heavy (non-hydrogen) atoms. The molecule has 0 unspecified atom stereocenters. The maximum atomic E-state index is 12.5. The third kappa shape index (κ3) is 15.7. The monoisotopic (exact) mass is 1720 g/mol. The summed E-state index contributed by atoms with van der Waals surface area (Å²) >= 11 is 12.9. The van der Waals surface area contributed by atoms with Crippen molar-refractivity contribution < 1.29 is 61.2 Å². The molecule has 10 aromatic heterocycles. The standard InChI is InChI=1S/C19H13NO5S.C18H9ClO5S.C18H11NO4S.C18H10O5S.C12H6BrNO4/c1-24-10-5-4-6-11(9-10)26-17-15(21)14-16(25-19(17)23)12-7-2-3-8-13(12)20-18(14)22;19-9-4-3-5-10(8-9)25-16-14(20)13-15(24-18(16)22)11-6-1-2-7-12(11)23-17(13)21;20-14-13-15(11-8-4-5-9-12(11)19-17(13)21)23-18(22)16(14)24-10-6-2-1-3-7-10;19-14-13-15(11-8-4-5-9-12(11)22-17(13)20)23-18(21)16(14)24-10-6-2-1-3-7-10;13-8-9(15)7-10(18-12(8)17)5-3-1-2-4-6(5)14-11(7)16/h2-9,21H,1H3,(H,20,22);1-8,20H;1-9,20H,(H,19,21);1-9,19H;1-4,15H,(H,14,16). The van der Waals surface area contributed by atoms with Gasteiger partial charge in [0.25, 0.3) is 16.7 Å². The second-order valence-electron chi connectivity index (χ2n) is 24.8. The molecule has 0 radical (unpaired) electrons. The number of aromatic nitrogens is 3. The first-order valence-corrected chi connectivity index (χ1v) is 38.7. The van der Waals surface area contributed by atoms with Crippen LogP contribution in [0.15, 0.2) is 353 Å². The number of methoxy groups -OCH3 is 1. The fourth-order valence-corrected chi connectivity index (χ4v) is 16.2. The molecule has 0 aliphatic rings. The van der Waals surface area contributed by atoms with Crippen LogP contribution in [0.25, 0.3) is 109 Å². The number of para-hydroxylation sites is 5. The van der Waals surface area contributed by atoms with Crippen LogP contribution in [-0.4, -0.2) is 47.6 Å². The van der Waals surface area contributed by atoms with Crippen LogP contribution < -0.4 is 60.8 Å². The molecule has 9 aromatic carbocycles. The molecule has 0 amide bonds. The molecule has 10 heterocycles. The van der Waals surface area contributed by atoms with Crippen molar-refractivity contribution in [3.63, 3.8) is 0 Å². The number of rotatable bonds is 9. The number of H-pyrrole nitrogens is 3. The smallest absolute Gasteiger partial charge is 0.354 e. The molecular formula is C85H49BrClN3O23S4. The van der Waals surface area contributed by atoms with E-state index in [1.54, 1.807) is 194 Å². The largest absolute Gasteiger partial charge is 0.506 e. The average molecular weight is 1720 g/mol. The van der Waals surface area contributed by atoms with Gasteiger partial charge >= 0.3 is 39.4 Å². The Morgan fingerprint density at radius 1 is 0.308 bits per heavy atom. The first-order chi connectivity index (χ1) is 56.5. The van der Waals surface area contributed by atoms with E-state index in [1.807, 2.05) is 36.4 Å². The van der Waals surface area contributed by atoms with E-state index in [0.29, 0.717) is 69.6 Å². The van der Waals surface area contributed by atoms with Crippen molar-refractivity contribution in [2.45, 2.75) is 39.2 Å². The number of aromatic amines is 3. The van der Waals surface area contributed by atoms with Gasteiger partial charge in [-0.3, -0.25) is 14.4 Å². The second-order valence-corrected chi connectivity index (χ2v) is 30.3. The summed E-state index contributed by atoms with van der Waals surface area (Å²) in [5, 5.41) is 54.7. The molecule has 0 aliphatic carbocycles. The highest BCUT2D eigenvalue weighted by Gasteiger charge is 2.26. The Labute approximate surface area is 680 Å². The molecule has 0 saturated carbocycles. The van der Waals surface area contributed by atoms with Gasteiger partial charge < -0.3 is 76.1 Å². The van der Waals surface area contributed by atoms with Crippen molar-refractivity contribution >= 4 is 184 Å². The van der Waals surface area contributed by atoms with Crippen molar-refractivity contribution in [3.8, 4) is 34.5 Å². The van der Waals surface area contributed by atoms with Gasteiger partial charge in [-0.25, -0.2) is 33.6 Å². The van der Waals surface area contributed by atoms with E-state index in [4.69, 9.17) is 47.3 Å². The highest BCUT2D eigenvalue weighted by molar-refractivity contribution is 9.10. The molecule has 0 fully saturated rings. The minimum atomic E-state index is -0.775. The Kier molecular flexibility index (Phi) is 22.3. The van der Waals surface area contributed by atoms with E-state index >= 15 is 0 Å². The van der Waals surface area contributed by atoms with E-state index in [9.17, 15) is 73.5 Å². The SMILES string of the molecule is COc1cccc(Sc2c(O)c3c(=O)[nH]c4ccccc4c3oc2=O)c1.O=c1oc2c(c(O)c1Br)c(=O)[nH]c1ccccc12.O=c1oc2c(c(O)c1Sc1cccc(Cl)c1)c(=O)oc1ccccc12.O=c1oc2c(c(O)c1Sc1ccccc1)c(=O)[nH]c1ccccc12.O=c1oc2c(c(O)c1Sc1ccccc1)c(=O)oc1ccccc12. The first-order valence-electron chi connectivity index (χ1n) is 34.2. The average Bonchev–Trinajstić information content (AvgIpc) is 0.771. The summed E-state index contributed by atoms with van der Waals surface area (Å²) in [6.07, 6.45) is 0. The van der Waals surface area contributed by atoms with Gasteiger partial charge in [0.1, 0.15) is 67.9 Å². The zero-order valence-electron chi connectivity index (χ0n) is 59.4. The number of hydrogen-bond acceptors (Lipinski definition) is 27.